The number of hydrogen-bond donors (Lipinski definition) is 1. The molecule has 3 aromatic carbocycles. The van der Waals surface area contributed by atoms with Crippen molar-refractivity contribution in [3.05, 3.63) is 78.1 Å². The number of carbonyl (C=O) groups is 3. The van der Waals surface area contributed by atoms with Gasteiger partial charge in [-0.3, -0.25) is 14.4 Å². The van der Waals surface area contributed by atoms with Crippen LogP contribution in [0.15, 0.2) is 66.7 Å². The maximum absolute atomic E-state index is 13.5. The zero-order chi connectivity index (χ0) is 23.4. The summed E-state index contributed by atoms with van der Waals surface area (Å²) in [6.45, 7) is 0.965. The van der Waals surface area contributed by atoms with E-state index in [4.69, 9.17) is 5.73 Å². The fraction of sp³-hybridized carbons (Fsp3) is 0.269. The molecule has 3 aromatic rings. The van der Waals surface area contributed by atoms with Crippen LogP contribution in [0.2, 0.25) is 0 Å². The first-order valence-electron chi connectivity index (χ1n) is 11.1. The summed E-state index contributed by atoms with van der Waals surface area (Å²) in [6, 6.07) is 18.9. The van der Waals surface area contributed by atoms with Crippen LogP contribution in [0.1, 0.15) is 29.6 Å². The summed E-state index contributed by atoms with van der Waals surface area (Å²) >= 11 is 0. The quantitative estimate of drug-likeness (QED) is 0.625. The topological polar surface area (TPSA) is 83.7 Å². The Morgan fingerprint density at radius 2 is 1.73 bits per heavy atom. The number of benzene rings is 3. The standard InChI is InChI=1S/C26H26FN3O3/c27-20-10-12-21(13-11-20)30(16-14-24(28)31)25(32)19-7-4-15-29(17-19)26(33)23-9-3-6-18-5-1-2-8-22(18)23/h1-3,5-6,8-13,19H,4,7,14-17H2,(H2,28,31). The molecule has 6 nitrogen and oxygen atoms in total. The molecule has 1 heterocycles. The van der Waals surface area contributed by atoms with E-state index in [2.05, 4.69) is 0 Å². The first-order chi connectivity index (χ1) is 15.9. The summed E-state index contributed by atoms with van der Waals surface area (Å²) in [7, 11) is 0. The summed E-state index contributed by atoms with van der Waals surface area (Å²) in [5, 5.41) is 1.87. The predicted octanol–water partition coefficient (Wildman–Crippen LogP) is 3.74. The molecular weight excluding hydrogens is 421 g/mol. The molecule has 2 N–H and O–H groups in total. The summed E-state index contributed by atoms with van der Waals surface area (Å²) in [6.07, 6.45) is 1.32. The van der Waals surface area contributed by atoms with Crippen molar-refractivity contribution in [2.75, 3.05) is 24.5 Å². The van der Waals surface area contributed by atoms with Gasteiger partial charge in [-0.25, -0.2) is 4.39 Å². The van der Waals surface area contributed by atoms with Crippen molar-refractivity contribution >= 4 is 34.2 Å². The number of anilines is 1. The summed E-state index contributed by atoms with van der Waals surface area (Å²) in [5.41, 5.74) is 6.42. The van der Waals surface area contributed by atoms with Crippen molar-refractivity contribution in [1.82, 2.24) is 4.90 Å². The minimum atomic E-state index is -0.522. The average Bonchev–Trinajstić information content (AvgIpc) is 2.84. The Morgan fingerprint density at radius 1 is 1.00 bits per heavy atom. The number of rotatable bonds is 6. The molecule has 4 rings (SSSR count). The van der Waals surface area contributed by atoms with Gasteiger partial charge in [-0.1, -0.05) is 36.4 Å². The van der Waals surface area contributed by atoms with Crippen LogP contribution in [0.5, 0.6) is 0 Å². The Morgan fingerprint density at radius 3 is 2.48 bits per heavy atom. The van der Waals surface area contributed by atoms with E-state index in [0.717, 1.165) is 10.8 Å². The highest BCUT2D eigenvalue weighted by Crippen LogP contribution is 2.26. The SMILES string of the molecule is NC(=O)CCN(C(=O)C1CCCN(C(=O)c2cccc3ccccc23)C1)c1ccc(F)cc1. The number of likely N-dealkylation sites (tertiary alicyclic amines) is 1. The number of nitrogens with zero attached hydrogens (tertiary/aromatic N) is 2. The van der Waals surface area contributed by atoms with Gasteiger partial charge in [0.2, 0.25) is 11.8 Å². The minimum Gasteiger partial charge on any atom is -0.370 e. The number of nitrogens with two attached hydrogens (primary N) is 1. The Kier molecular flexibility index (Phi) is 6.68. The van der Waals surface area contributed by atoms with E-state index in [1.807, 2.05) is 42.5 Å². The molecule has 7 heteroatoms. The second kappa shape index (κ2) is 9.81. The Hall–Kier alpha value is -3.74. The molecule has 1 aliphatic rings. The molecule has 0 aromatic heterocycles. The molecule has 0 saturated carbocycles. The third-order valence-electron chi connectivity index (χ3n) is 6.06. The summed E-state index contributed by atoms with van der Waals surface area (Å²) in [4.78, 5) is 41.4. The van der Waals surface area contributed by atoms with Gasteiger partial charge in [-0.15, -0.1) is 0 Å². The highest BCUT2D eigenvalue weighted by Gasteiger charge is 2.32. The van der Waals surface area contributed by atoms with E-state index in [-0.39, 0.29) is 31.3 Å². The fourth-order valence-corrected chi connectivity index (χ4v) is 4.38. The molecule has 0 aliphatic carbocycles. The van der Waals surface area contributed by atoms with Crippen molar-refractivity contribution < 1.29 is 18.8 Å². The maximum Gasteiger partial charge on any atom is 0.254 e. The van der Waals surface area contributed by atoms with Crippen LogP contribution in [0, 0.1) is 11.7 Å². The number of hydrogen-bond acceptors (Lipinski definition) is 3. The van der Waals surface area contributed by atoms with E-state index in [1.54, 1.807) is 4.90 Å². The lowest BCUT2D eigenvalue weighted by molar-refractivity contribution is -0.123. The zero-order valence-corrected chi connectivity index (χ0v) is 18.2. The lowest BCUT2D eigenvalue weighted by atomic mass is 9.94. The van der Waals surface area contributed by atoms with E-state index >= 15 is 0 Å². The second-order valence-corrected chi connectivity index (χ2v) is 8.30. The molecule has 1 aliphatic heterocycles. The molecule has 0 spiro atoms. The van der Waals surface area contributed by atoms with Crippen molar-refractivity contribution in [3.8, 4) is 0 Å². The summed E-state index contributed by atoms with van der Waals surface area (Å²) in [5.74, 6) is -1.65. The van der Waals surface area contributed by atoms with Gasteiger partial charge in [-0.2, -0.15) is 0 Å². The maximum atomic E-state index is 13.5. The number of carbonyl (C=O) groups excluding carboxylic acids is 3. The van der Waals surface area contributed by atoms with Gasteiger partial charge >= 0.3 is 0 Å². The zero-order valence-electron chi connectivity index (χ0n) is 18.2. The smallest absolute Gasteiger partial charge is 0.254 e. The van der Waals surface area contributed by atoms with Crippen molar-refractivity contribution in [2.45, 2.75) is 19.3 Å². The van der Waals surface area contributed by atoms with Crippen molar-refractivity contribution in [2.24, 2.45) is 11.7 Å². The average molecular weight is 448 g/mol. The van der Waals surface area contributed by atoms with Crippen LogP contribution in [-0.4, -0.2) is 42.3 Å². The monoisotopic (exact) mass is 447 g/mol. The molecule has 3 amide bonds. The number of fused-ring (bicyclic) bond motifs is 1. The fourth-order valence-electron chi connectivity index (χ4n) is 4.38. The van der Waals surface area contributed by atoms with Crippen LogP contribution in [0.25, 0.3) is 10.8 Å². The second-order valence-electron chi connectivity index (χ2n) is 8.30. The molecule has 1 atom stereocenters. The van der Waals surface area contributed by atoms with Gasteiger partial charge in [0.15, 0.2) is 0 Å². The van der Waals surface area contributed by atoms with Gasteiger partial charge in [0.25, 0.3) is 5.91 Å². The first kappa shape index (κ1) is 22.5. The van der Waals surface area contributed by atoms with Gasteiger partial charge in [0.1, 0.15) is 5.82 Å². The van der Waals surface area contributed by atoms with Crippen LogP contribution in [-0.2, 0) is 9.59 Å². The summed E-state index contributed by atoms with van der Waals surface area (Å²) < 4.78 is 13.4. The molecule has 1 unspecified atom stereocenters. The highest BCUT2D eigenvalue weighted by molar-refractivity contribution is 6.07. The van der Waals surface area contributed by atoms with Gasteiger partial charge in [0, 0.05) is 37.3 Å². The first-order valence-corrected chi connectivity index (χ1v) is 11.1. The molecule has 0 bridgehead atoms. The Labute approximate surface area is 191 Å². The van der Waals surface area contributed by atoms with E-state index in [0.29, 0.717) is 30.6 Å². The van der Waals surface area contributed by atoms with Crippen LogP contribution in [0.4, 0.5) is 10.1 Å². The molecular formula is C26H26FN3O3. The number of amides is 3. The third kappa shape index (κ3) is 5.03. The lowest BCUT2D eigenvalue weighted by Gasteiger charge is -2.35. The van der Waals surface area contributed by atoms with Gasteiger partial charge in [0.05, 0.1) is 5.92 Å². The highest BCUT2D eigenvalue weighted by atomic mass is 19.1. The van der Waals surface area contributed by atoms with Crippen molar-refractivity contribution in [1.29, 1.82) is 0 Å². The van der Waals surface area contributed by atoms with Crippen LogP contribution < -0.4 is 10.6 Å². The number of primary amides is 1. The van der Waals surface area contributed by atoms with Gasteiger partial charge in [-0.05, 0) is 53.9 Å². The van der Waals surface area contributed by atoms with Crippen LogP contribution >= 0.6 is 0 Å². The largest absolute Gasteiger partial charge is 0.370 e. The molecule has 1 fully saturated rings. The molecule has 0 radical (unpaired) electrons. The predicted molar refractivity (Wildman–Crippen MR) is 125 cm³/mol. The molecule has 1 saturated heterocycles. The van der Waals surface area contributed by atoms with E-state index in [9.17, 15) is 18.8 Å². The van der Waals surface area contributed by atoms with Crippen molar-refractivity contribution in [3.63, 3.8) is 0 Å². The Balaban J connectivity index is 1.55. The Bertz CT molecular complexity index is 1170. The minimum absolute atomic E-state index is 0.00547. The van der Waals surface area contributed by atoms with E-state index < -0.39 is 17.6 Å². The number of piperidine rings is 1. The normalized spacial score (nSPS) is 15.9. The van der Waals surface area contributed by atoms with E-state index in [1.165, 1.54) is 29.2 Å². The third-order valence-corrected chi connectivity index (χ3v) is 6.06. The van der Waals surface area contributed by atoms with Gasteiger partial charge < -0.3 is 15.5 Å². The number of halogens is 1. The molecule has 170 valence electrons. The van der Waals surface area contributed by atoms with Crippen LogP contribution in [0.3, 0.4) is 0 Å². The molecule has 33 heavy (non-hydrogen) atoms. The lowest BCUT2D eigenvalue weighted by Crippen LogP contribution is -2.47.